The van der Waals surface area contributed by atoms with Crippen molar-refractivity contribution in [2.24, 2.45) is 0 Å². The second-order valence-electron chi connectivity index (χ2n) is 7.27. The summed E-state index contributed by atoms with van der Waals surface area (Å²) < 4.78 is 0. The smallest absolute Gasteiger partial charge is 0.253 e. The number of aromatic nitrogens is 2. The number of hydrogen-bond donors (Lipinski definition) is 2. The van der Waals surface area contributed by atoms with E-state index in [-0.39, 0.29) is 22.5 Å². The second kappa shape index (κ2) is 11.5. The molecule has 0 aliphatic carbocycles. The van der Waals surface area contributed by atoms with Crippen molar-refractivity contribution in [3.05, 3.63) is 52.3 Å². The molecule has 1 aromatic carbocycles. The maximum atomic E-state index is 13.0. The summed E-state index contributed by atoms with van der Waals surface area (Å²) in [7, 11) is 0. The van der Waals surface area contributed by atoms with Crippen LogP contribution < -0.4 is 15.5 Å². The van der Waals surface area contributed by atoms with Crippen LogP contribution in [0.3, 0.4) is 0 Å². The summed E-state index contributed by atoms with van der Waals surface area (Å²) in [6, 6.07) is 5.74. The quantitative estimate of drug-likeness (QED) is 0.600. The number of amides is 2. The Bertz CT molecular complexity index is 903. The van der Waals surface area contributed by atoms with E-state index in [4.69, 9.17) is 23.2 Å². The maximum absolute atomic E-state index is 13.0. The average Bonchev–Trinajstić information content (AvgIpc) is 2.77. The van der Waals surface area contributed by atoms with Crippen LogP contribution in [0.1, 0.15) is 29.6 Å². The molecule has 1 saturated heterocycles. The number of carbonyl (C=O) groups excluding carboxylic acids is 2. The molecule has 2 amide bonds. The van der Waals surface area contributed by atoms with Gasteiger partial charge in [0, 0.05) is 36.5 Å². The van der Waals surface area contributed by atoms with Crippen LogP contribution in [0.5, 0.6) is 0 Å². The third-order valence-corrected chi connectivity index (χ3v) is 6.20. The SMILES string of the molecule is CSCCC(NC(=O)c1ccc(Cl)cc1Cl)C(=O)NC1CCCN(c2ncccn2)C1. The van der Waals surface area contributed by atoms with Gasteiger partial charge in [0.2, 0.25) is 11.9 Å². The molecule has 1 aliphatic rings. The topological polar surface area (TPSA) is 87.2 Å². The Morgan fingerprint density at radius 3 is 2.77 bits per heavy atom. The summed E-state index contributed by atoms with van der Waals surface area (Å²) >= 11 is 13.7. The highest BCUT2D eigenvalue weighted by Crippen LogP contribution is 2.21. The highest BCUT2D eigenvalue weighted by Gasteiger charge is 2.27. The van der Waals surface area contributed by atoms with Crippen LogP contribution in [-0.4, -0.2) is 59.0 Å². The van der Waals surface area contributed by atoms with Crippen LogP contribution in [0.15, 0.2) is 36.7 Å². The molecule has 2 aromatic rings. The van der Waals surface area contributed by atoms with Crippen LogP contribution in [0.2, 0.25) is 10.0 Å². The number of nitrogens with zero attached hydrogens (tertiary/aromatic N) is 3. The molecule has 1 fully saturated rings. The lowest BCUT2D eigenvalue weighted by Crippen LogP contribution is -2.54. The Kier molecular flexibility index (Phi) is 8.80. The van der Waals surface area contributed by atoms with E-state index in [0.717, 1.165) is 25.1 Å². The molecule has 2 heterocycles. The Labute approximate surface area is 196 Å². The van der Waals surface area contributed by atoms with E-state index in [9.17, 15) is 9.59 Å². The number of benzene rings is 1. The van der Waals surface area contributed by atoms with E-state index >= 15 is 0 Å². The van der Waals surface area contributed by atoms with Crippen molar-refractivity contribution in [2.45, 2.75) is 31.3 Å². The molecule has 0 bridgehead atoms. The van der Waals surface area contributed by atoms with Crippen LogP contribution in [-0.2, 0) is 4.79 Å². The first kappa shape index (κ1) is 23.6. The lowest BCUT2D eigenvalue weighted by Gasteiger charge is -2.34. The third-order valence-electron chi connectivity index (χ3n) is 5.01. The van der Waals surface area contributed by atoms with Crippen LogP contribution in [0, 0.1) is 0 Å². The first-order chi connectivity index (χ1) is 15.0. The number of thioether (sulfide) groups is 1. The van der Waals surface area contributed by atoms with Gasteiger partial charge in [-0.1, -0.05) is 23.2 Å². The van der Waals surface area contributed by atoms with Gasteiger partial charge in [0.15, 0.2) is 0 Å². The van der Waals surface area contributed by atoms with E-state index in [1.54, 1.807) is 42.4 Å². The van der Waals surface area contributed by atoms with Gasteiger partial charge in [0.1, 0.15) is 6.04 Å². The van der Waals surface area contributed by atoms with Gasteiger partial charge in [-0.3, -0.25) is 9.59 Å². The minimum atomic E-state index is -0.657. The van der Waals surface area contributed by atoms with Crippen LogP contribution >= 0.6 is 35.0 Å². The highest BCUT2D eigenvalue weighted by atomic mass is 35.5. The fraction of sp³-hybridized carbons (Fsp3) is 0.429. The minimum absolute atomic E-state index is 0.0437. The number of piperidine rings is 1. The molecule has 1 aliphatic heterocycles. The summed E-state index contributed by atoms with van der Waals surface area (Å²) in [5.41, 5.74) is 0.290. The van der Waals surface area contributed by atoms with Gasteiger partial charge in [-0.2, -0.15) is 11.8 Å². The number of carbonyl (C=O) groups is 2. The van der Waals surface area contributed by atoms with Gasteiger partial charge >= 0.3 is 0 Å². The molecule has 31 heavy (non-hydrogen) atoms. The number of nitrogens with one attached hydrogen (secondary N) is 2. The van der Waals surface area contributed by atoms with Crippen LogP contribution in [0.4, 0.5) is 5.95 Å². The molecule has 166 valence electrons. The van der Waals surface area contributed by atoms with Crippen molar-refractivity contribution in [1.82, 2.24) is 20.6 Å². The van der Waals surface area contributed by atoms with Crippen molar-refractivity contribution in [3.63, 3.8) is 0 Å². The summed E-state index contributed by atoms with van der Waals surface area (Å²) in [6.07, 6.45) is 7.68. The van der Waals surface area contributed by atoms with Crippen molar-refractivity contribution < 1.29 is 9.59 Å². The zero-order valence-corrected chi connectivity index (χ0v) is 19.5. The van der Waals surface area contributed by atoms with E-state index in [2.05, 4.69) is 25.5 Å². The summed E-state index contributed by atoms with van der Waals surface area (Å²) in [5.74, 6) is 0.798. The van der Waals surface area contributed by atoms with E-state index in [1.165, 1.54) is 6.07 Å². The predicted octanol–water partition coefficient (Wildman–Crippen LogP) is 3.42. The van der Waals surface area contributed by atoms with Gasteiger partial charge in [-0.25, -0.2) is 9.97 Å². The first-order valence-electron chi connectivity index (χ1n) is 10.0. The molecule has 2 atom stereocenters. The Morgan fingerprint density at radius 2 is 2.06 bits per heavy atom. The largest absolute Gasteiger partial charge is 0.350 e. The third kappa shape index (κ3) is 6.72. The minimum Gasteiger partial charge on any atom is -0.350 e. The molecule has 3 rings (SSSR count). The van der Waals surface area contributed by atoms with E-state index in [0.29, 0.717) is 23.9 Å². The van der Waals surface area contributed by atoms with Crippen molar-refractivity contribution in [3.8, 4) is 0 Å². The zero-order chi connectivity index (χ0) is 22.2. The summed E-state index contributed by atoms with van der Waals surface area (Å²) in [4.78, 5) is 36.4. The monoisotopic (exact) mass is 481 g/mol. The molecule has 2 N–H and O–H groups in total. The van der Waals surface area contributed by atoms with E-state index < -0.39 is 11.9 Å². The molecule has 7 nitrogen and oxygen atoms in total. The fourth-order valence-electron chi connectivity index (χ4n) is 3.45. The molecular formula is C21H25Cl2N5O2S. The summed E-state index contributed by atoms with van der Waals surface area (Å²) in [5, 5.41) is 6.62. The predicted molar refractivity (Wildman–Crippen MR) is 126 cm³/mol. The first-order valence-corrected chi connectivity index (χ1v) is 12.2. The van der Waals surface area contributed by atoms with Gasteiger partial charge in [0.05, 0.1) is 10.6 Å². The fourth-order valence-corrected chi connectivity index (χ4v) is 4.41. The second-order valence-corrected chi connectivity index (χ2v) is 9.10. The lowest BCUT2D eigenvalue weighted by atomic mass is 10.0. The Morgan fingerprint density at radius 1 is 1.29 bits per heavy atom. The molecule has 2 unspecified atom stereocenters. The number of rotatable bonds is 8. The van der Waals surface area contributed by atoms with Gasteiger partial charge in [-0.15, -0.1) is 0 Å². The number of halogens is 2. The van der Waals surface area contributed by atoms with Crippen molar-refractivity contribution in [1.29, 1.82) is 0 Å². The number of hydrogen-bond acceptors (Lipinski definition) is 6. The molecule has 0 spiro atoms. The van der Waals surface area contributed by atoms with E-state index in [1.807, 2.05) is 6.26 Å². The molecule has 10 heteroatoms. The van der Waals surface area contributed by atoms with Crippen molar-refractivity contribution in [2.75, 3.05) is 30.0 Å². The van der Waals surface area contributed by atoms with Gasteiger partial charge in [0.25, 0.3) is 5.91 Å². The van der Waals surface area contributed by atoms with Gasteiger partial charge in [-0.05, 0) is 55.5 Å². The highest BCUT2D eigenvalue weighted by molar-refractivity contribution is 7.98. The molecule has 0 radical (unpaired) electrons. The Balaban J connectivity index is 1.64. The average molecular weight is 482 g/mol. The maximum Gasteiger partial charge on any atom is 0.253 e. The van der Waals surface area contributed by atoms with Gasteiger partial charge < -0.3 is 15.5 Å². The molecule has 1 aromatic heterocycles. The standard InChI is InChI=1S/C21H25Cl2N5O2S/c1-31-11-7-18(27-19(29)16-6-5-14(22)12-17(16)23)20(30)26-15-4-2-10-28(13-15)21-24-8-3-9-25-21/h3,5-6,8-9,12,15,18H,2,4,7,10-11,13H2,1H3,(H,26,30)(H,27,29). The summed E-state index contributed by atoms with van der Waals surface area (Å²) in [6.45, 7) is 1.47. The van der Waals surface area contributed by atoms with Crippen LogP contribution in [0.25, 0.3) is 0 Å². The molecular weight excluding hydrogens is 457 g/mol. The lowest BCUT2D eigenvalue weighted by molar-refractivity contribution is -0.123. The Hall–Kier alpha value is -2.03. The zero-order valence-electron chi connectivity index (χ0n) is 17.2. The normalized spacial score (nSPS) is 17.1. The number of anilines is 1. The molecule has 0 saturated carbocycles. The van der Waals surface area contributed by atoms with Crippen molar-refractivity contribution >= 4 is 52.7 Å².